The van der Waals surface area contributed by atoms with Gasteiger partial charge in [-0.1, -0.05) is 36.4 Å². The van der Waals surface area contributed by atoms with Crippen molar-refractivity contribution in [3.05, 3.63) is 65.5 Å². The van der Waals surface area contributed by atoms with Crippen molar-refractivity contribution in [2.75, 3.05) is 7.05 Å². The Balaban J connectivity index is 1.74. The third-order valence-corrected chi connectivity index (χ3v) is 3.89. The van der Waals surface area contributed by atoms with Crippen LogP contribution in [0.1, 0.15) is 11.1 Å². The predicted molar refractivity (Wildman–Crippen MR) is 77.5 cm³/mol. The minimum Gasteiger partial charge on any atom is -0.488 e. The fourth-order valence-electron chi connectivity index (χ4n) is 2.75. The quantitative estimate of drug-likeness (QED) is 0.923. The Morgan fingerprint density at radius 3 is 2.70 bits per heavy atom. The summed E-state index contributed by atoms with van der Waals surface area (Å²) in [6.07, 6.45) is 1.55. The molecule has 3 rings (SSSR count). The molecule has 2 aromatic carbocycles. The van der Waals surface area contributed by atoms with Gasteiger partial charge in [-0.3, -0.25) is 0 Å². The molecule has 1 N–H and O–H groups in total. The van der Waals surface area contributed by atoms with Crippen molar-refractivity contribution in [2.24, 2.45) is 0 Å². The molecule has 1 aliphatic heterocycles. The smallest absolute Gasteiger partial charge is 0.126 e. The zero-order chi connectivity index (χ0) is 13.9. The monoisotopic (exact) mass is 271 g/mol. The lowest BCUT2D eigenvalue weighted by molar-refractivity contribution is 0.181. The molecular formula is C17H18FNO. The summed E-state index contributed by atoms with van der Waals surface area (Å²) >= 11 is 0. The van der Waals surface area contributed by atoms with E-state index in [9.17, 15) is 4.39 Å². The Labute approximate surface area is 118 Å². The van der Waals surface area contributed by atoms with E-state index in [2.05, 4.69) is 11.4 Å². The van der Waals surface area contributed by atoms with Crippen LogP contribution in [0.4, 0.5) is 4.39 Å². The fourth-order valence-corrected chi connectivity index (χ4v) is 2.75. The van der Waals surface area contributed by atoms with Gasteiger partial charge in [-0.05, 0) is 36.7 Å². The van der Waals surface area contributed by atoms with Crippen molar-refractivity contribution >= 4 is 0 Å². The molecule has 2 nitrogen and oxygen atoms in total. The highest BCUT2D eigenvalue weighted by molar-refractivity contribution is 5.38. The van der Waals surface area contributed by atoms with Crippen LogP contribution in [-0.4, -0.2) is 19.2 Å². The van der Waals surface area contributed by atoms with E-state index < -0.39 is 0 Å². The minimum absolute atomic E-state index is 0.0528. The van der Waals surface area contributed by atoms with Gasteiger partial charge < -0.3 is 10.1 Å². The number of rotatable bonds is 4. The summed E-state index contributed by atoms with van der Waals surface area (Å²) in [6, 6.07) is 15.1. The third-order valence-electron chi connectivity index (χ3n) is 3.89. The summed E-state index contributed by atoms with van der Waals surface area (Å²) in [5.74, 6) is 0.801. The number of fused-ring (bicyclic) bond motifs is 1. The molecule has 1 heterocycles. The Kier molecular flexibility index (Phi) is 3.70. The van der Waals surface area contributed by atoms with Crippen LogP contribution in [-0.2, 0) is 12.8 Å². The van der Waals surface area contributed by atoms with Gasteiger partial charge in [-0.2, -0.15) is 0 Å². The summed E-state index contributed by atoms with van der Waals surface area (Å²) in [5, 5.41) is 3.26. The summed E-state index contributed by atoms with van der Waals surface area (Å²) < 4.78 is 19.8. The van der Waals surface area contributed by atoms with Gasteiger partial charge in [-0.15, -0.1) is 0 Å². The molecule has 0 aliphatic carbocycles. The van der Waals surface area contributed by atoms with E-state index in [0.717, 1.165) is 17.7 Å². The summed E-state index contributed by atoms with van der Waals surface area (Å²) in [4.78, 5) is 0. The molecular weight excluding hydrogens is 253 g/mol. The molecule has 0 bridgehead atoms. The van der Waals surface area contributed by atoms with E-state index in [1.165, 1.54) is 11.6 Å². The first-order chi connectivity index (χ1) is 9.78. The molecule has 0 spiro atoms. The molecule has 104 valence electrons. The van der Waals surface area contributed by atoms with Crippen LogP contribution >= 0.6 is 0 Å². The van der Waals surface area contributed by atoms with E-state index in [1.807, 2.05) is 37.4 Å². The van der Waals surface area contributed by atoms with E-state index in [1.54, 1.807) is 6.07 Å². The van der Waals surface area contributed by atoms with Crippen LogP contribution in [0.3, 0.4) is 0 Å². The second-order valence-electron chi connectivity index (χ2n) is 5.16. The molecule has 0 fully saturated rings. The largest absolute Gasteiger partial charge is 0.488 e. The summed E-state index contributed by atoms with van der Waals surface area (Å²) in [5.41, 5.74) is 1.96. The van der Waals surface area contributed by atoms with Crippen LogP contribution < -0.4 is 10.1 Å². The zero-order valence-corrected chi connectivity index (χ0v) is 11.5. The van der Waals surface area contributed by atoms with E-state index in [0.29, 0.717) is 6.42 Å². The maximum absolute atomic E-state index is 13.8. The zero-order valence-electron chi connectivity index (χ0n) is 11.5. The predicted octanol–water partition coefficient (Wildman–Crippen LogP) is 2.96. The molecule has 3 heteroatoms. The van der Waals surface area contributed by atoms with Gasteiger partial charge in [0.15, 0.2) is 0 Å². The van der Waals surface area contributed by atoms with Crippen molar-refractivity contribution in [3.8, 4) is 5.75 Å². The normalized spacial score (nSPS) is 18.4. The fraction of sp³-hybridized carbons (Fsp3) is 0.294. The topological polar surface area (TPSA) is 21.3 Å². The number of likely N-dealkylation sites (N-methyl/N-ethyl adjacent to an activating group) is 1. The SMILES string of the molecule is CNC(Cc1ccccc1F)C1Cc2ccccc2O1. The van der Waals surface area contributed by atoms with Crippen molar-refractivity contribution in [1.82, 2.24) is 5.32 Å². The average Bonchev–Trinajstić information content (AvgIpc) is 2.90. The number of hydrogen-bond donors (Lipinski definition) is 1. The molecule has 2 atom stereocenters. The van der Waals surface area contributed by atoms with Crippen molar-refractivity contribution in [1.29, 1.82) is 0 Å². The van der Waals surface area contributed by atoms with E-state index >= 15 is 0 Å². The van der Waals surface area contributed by atoms with E-state index in [-0.39, 0.29) is 18.0 Å². The first-order valence-corrected chi connectivity index (χ1v) is 6.93. The Hall–Kier alpha value is -1.87. The number of hydrogen-bond acceptors (Lipinski definition) is 2. The number of benzene rings is 2. The molecule has 0 amide bonds. The van der Waals surface area contributed by atoms with Gasteiger partial charge in [0.1, 0.15) is 17.7 Å². The molecule has 0 radical (unpaired) electrons. The Morgan fingerprint density at radius 2 is 1.95 bits per heavy atom. The number of ether oxygens (including phenoxy) is 1. The Bertz CT molecular complexity index is 574. The van der Waals surface area contributed by atoms with Gasteiger partial charge in [0.25, 0.3) is 0 Å². The highest BCUT2D eigenvalue weighted by atomic mass is 19.1. The van der Waals surface area contributed by atoms with Crippen molar-refractivity contribution in [3.63, 3.8) is 0 Å². The van der Waals surface area contributed by atoms with Crippen LogP contribution in [0, 0.1) is 5.82 Å². The maximum Gasteiger partial charge on any atom is 0.126 e. The maximum atomic E-state index is 13.8. The van der Waals surface area contributed by atoms with Crippen molar-refractivity contribution in [2.45, 2.75) is 25.0 Å². The highest BCUT2D eigenvalue weighted by Crippen LogP contribution is 2.30. The first-order valence-electron chi connectivity index (χ1n) is 6.93. The summed E-state index contributed by atoms with van der Waals surface area (Å²) in [6.45, 7) is 0. The average molecular weight is 271 g/mol. The van der Waals surface area contributed by atoms with Crippen LogP contribution in [0.2, 0.25) is 0 Å². The lowest BCUT2D eigenvalue weighted by Gasteiger charge is -2.23. The number of para-hydroxylation sites is 1. The first kappa shape index (κ1) is 13.1. The number of nitrogens with one attached hydrogen (secondary N) is 1. The lowest BCUT2D eigenvalue weighted by atomic mass is 9.98. The number of halogens is 1. The lowest BCUT2D eigenvalue weighted by Crippen LogP contribution is -2.42. The molecule has 2 aromatic rings. The third kappa shape index (κ3) is 2.54. The molecule has 0 saturated carbocycles. The second kappa shape index (κ2) is 5.63. The highest BCUT2D eigenvalue weighted by Gasteiger charge is 2.29. The van der Waals surface area contributed by atoms with Crippen LogP contribution in [0.15, 0.2) is 48.5 Å². The molecule has 2 unspecified atom stereocenters. The van der Waals surface area contributed by atoms with Crippen LogP contribution in [0.25, 0.3) is 0 Å². The van der Waals surface area contributed by atoms with Gasteiger partial charge in [0.05, 0.1) is 0 Å². The molecule has 0 aromatic heterocycles. The van der Waals surface area contributed by atoms with Gasteiger partial charge in [-0.25, -0.2) is 4.39 Å². The Morgan fingerprint density at radius 1 is 1.20 bits per heavy atom. The second-order valence-corrected chi connectivity index (χ2v) is 5.16. The molecule has 20 heavy (non-hydrogen) atoms. The van der Waals surface area contributed by atoms with Gasteiger partial charge in [0, 0.05) is 12.5 Å². The summed E-state index contributed by atoms with van der Waals surface area (Å²) in [7, 11) is 1.90. The standard InChI is InChI=1S/C17H18FNO/c1-19-15(10-12-6-2-4-8-14(12)18)17-11-13-7-3-5-9-16(13)20-17/h2-9,15,17,19H,10-11H2,1H3. The van der Waals surface area contributed by atoms with Gasteiger partial charge in [0.2, 0.25) is 0 Å². The van der Waals surface area contributed by atoms with E-state index in [4.69, 9.17) is 4.74 Å². The minimum atomic E-state index is -0.150. The molecule has 0 saturated heterocycles. The van der Waals surface area contributed by atoms with Gasteiger partial charge >= 0.3 is 0 Å². The molecule has 1 aliphatic rings. The van der Waals surface area contributed by atoms with Crippen molar-refractivity contribution < 1.29 is 9.13 Å². The van der Waals surface area contributed by atoms with Crippen LogP contribution in [0.5, 0.6) is 5.75 Å².